The maximum Gasteiger partial charge on any atom is 0.254 e. The number of carbonyl (C=O) groups is 2. The number of carbonyl (C=O) groups excluding carboxylic acids is 2. The molecule has 0 saturated carbocycles. The fourth-order valence-corrected chi connectivity index (χ4v) is 2.59. The standard InChI is InChI=1S/C17H18N2O3S/c1-2-11-23-15-6-4-3-5-14(15)19-16(20)7-9-18-17(21)13-8-10-22-12-13/h2-6,8,10,12H,1,7,9,11H2,(H,18,21)(H,19,20). The molecule has 5 nitrogen and oxygen atoms in total. The van der Waals surface area contributed by atoms with Gasteiger partial charge in [-0.3, -0.25) is 9.59 Å². The Labute approximate surface area is 139 Å². The molecule has 2 aromatic rings. The summed E-state index contributed by atoms with van der Waals surface area (Å²) in [7, 11) is 0. The molecule has 0 aliphatic rings. The van der Waals surface area contributed by atoms with E-state index >= 15 is 0 Å². The van der Waals surface area contributed by atoms with Gasteiger partial charge in [-0.1, -0.05) is 18.2 Å². The van der Waals surface area contributed by atoms with Crippen LogP contribution in [0.4, 0.5) is 5.69 Å². The Bertz CT molecular complexity index is 668. The zero-order valence-corrected chi connectivity index (χ0v) is 13.4. The Morgan fingerprint density at radius 2 is 2.09 bits per heavy atom. The van der Waals surface area contributed by atoms with Crippen LogP contribution in [0.2, 0.25) is 0 Å². The number of hydrogen-bond donors (Lipinski definition) is 2. The normalized spacial score (nSPS) is 10.1. The summed E-state index contributed by atoms with van der Waals surface area (Å²) in [5, 5.41) is 5.54. The Morgan fingerprint density at radius 3 is 2.83 bits per heavy atom. The Hall–Kier alpha value is -2.47. The topological polar surface area (TPSA) is 71.3 Å². The molecule has 6 heteroatoms. The van der Waals surface area contributed by atoms with Gasteiger partial charge in [-0.2, -0.15) is 0 Å². The van der Waals surface area contributed by atoms with Crippen LogP contribution in [0, 0.1) is 0 Å². The molecular weight excluding hydrogens is 312 g/mol. The zero-order chi connectivity index (χ0) is 16.5. The maximum absolute atomic E-state index is 12.0. The molecule has 1 aromatic heterocycles. The van der Waals surface area contributed by atoms with Crippen molar-refractivity contribution >= 4 is 29.3 Å². The summed E-state index contributed by atoms with van der Waals surface area (Å²) in [6.07, 6.45) is 4.81. The second kappa shape index (κ2) is 8.85. The van der Waals surface area contributed by atoms with Gasteiger partial charge in [-0.15, -0.1) is 18.3 Å². The van der Waals surface area contributed by atoms with Crippen LogP contribution in [-0.4, -0.2) is 24.1 Å². The molecule has 0 fully saturated rings. The van der Waals surface area contributed by atoms with Gasteiger partial charge in [0.1, 0.15) is 6.26 Å². The van der Waals surface area contributed by atoms with Crippen LogP contribution in [0.3, 0.4) is 0 Å². The van der Waals surface area contributed by atoms with Crippen LogP contribution >= 0.6 is 11.8 Å². The summed E-state index contributed by atoms with van der Waals surface area (Å²) in [4.78, 5) is 24.7. The summed E-state index contributed by atoms with van der Waals surface area (Å²) >= 11 is 1.60. The highest BCUT2D eigenvalue weighted by molar-refractivity contribution is 7.99. The van der Waals surface area contributed by atoms with Gasteiger partial charge in [-0.25, -0.2) is 0 Å². The van der Waals surface area contributed by atoms with E-state index in [0.717, 1.165) is 16.3 Å². The minimum atomic E-state index is -0.256. The van der Waals surface area contributed by atoms with E-state index in [1.165, 1.54) is 12.5 Å². The smallest absolute Gasteiger partial charge is 0.254 e. The number of benzene rings is 1. The Balaban J connectivity index is 1.81. The summed E-state index contributed by atoms with van der Waals surface area (Å²) in [6, 6.07) is 9.17. The first-order valence-electron chi connectivity index (χ1n) is 7.13. The van der Waals surface area contributed by atoms with Gasteiger partial charge in [0.15, 0.2) is 0 Å². The Kier molecular flexibility index (Phi) is 6.50. The second-order valence-corrected chi connectivity index (χ2v) is 5.72. The summed E-state index contributed by atoms with van der Waals surface area (Å²) in [6.45, 7) is 3.95. The molecule has 120 valence electrons. The van der Waals surface area contributed by atoms with Crippen LogP contribution in [0.25, 0.3) is 0 Å². The van der Waals surface area contributed by atoms with E-state index in [1.54, 1.807) is 17.8 Å². The first-order chi connectivity index (χ1) is 11.2. The number of nitrogens with one attached hydrogen (secondary N) is 2. The lowest BCUT2D eigenvalue weighted by Gasteiger charge is -2.10. The van der Waals surface area contributed by atoms with Crippen molar-refractivity contribution < 1.29 is 14.0 Å². The lowest BCUT2D eigenvalue weighted by atomic mass is 10.3. The van der Waals surface area contributed by atoms with Crippen molar-refractivity contribution in [3.63, 3.8) is 0 Å². The number of hydrogen-bond acceptors (Lipinski definition) is 4. The predicted octanol–water partition coefficient (Wildman–Crippen LogP) is 3.32. The van der Waals surface area contributed by atoms with E-state index in [-0.39, 0.29) is 24.8 Å². The average molecular weight is 330 g/mol. The van der Waals surface area contributed by atoms with Crippen molar-refractivity contribution in [3.05, 3.63) is 61.1 Å². The molecule has 0 spiro atoms. The highest BCUT2D eigenvalue weighted by Gasteiger charge is 2.09. The summed E-state index contributed by atoms with van der Waals surface area (Å²) in [5.41, 5.74) is 1.21. The van der Waals surface area contributed by atoms with Gasteiger partial charge in [-0.05, 0) is 18.2 Å². The van der Waals surface area contributed by atoms with E-state index in [4.69, 9.17) is 4.42 Å². The number of para-hydroxylation sites is 1. The molecule has 1 aromatic carbocycles. The predicted molar refractivity (Wildman–Crippen MR) is 91.7 cm³/mol. The van der Waals surface area contributed by atoms with Gasteiger partial charge in [0.05, 0.1) is 17.5 Å². The van der Waals surface area contributed by atoms with Crippen LogP contribution in [-0.2, 0) is 4.79 Å². The molecule has 2 N–H and O–H groups in total. The third-order valence-electron chi connectivity index (χ3n) is 2.94. The van der Waals surface area contributed by atoms with Crippen molar-refractivity contribution in [1.82, 2.24) is 5.32 Å². The summed E-state index contributed by atoms with van der Waals surface area (Å²) < 4.78 is 4.84. The van der Waals surface area contributed by atoms with Gasteiger partial charge in [0.2, 0.25) is 5.91 Å². The van der Waals surface area contributed by atoms with E-state index in [0.29, 0.717) is 5.56 Å². The van der Waals surface area contributed by atoms with Gasteiger partial charge < -0.3 is 15.1 Å². The monoisotopic (exact) mass is 330 g/mol. The lowest BCUT2D eigenvalue weighted by Crippen LogP contribution is -2.27. The molecule has 23 heavy (non-hydrogen) atoms. The van der Waals surface area contributed by atoms with Crippen LogP contribution in [0.15, 0.2) is 64.8 Å². The van der Waals surface area contributed by atoms with E-state index in [2.05, 4.69) is 17.2 Å². The number of anilines is 1. The fraction of sp³-hybridized carbons (Fsp3) is 0.176. The molecular formula is C17H18N2O3S. The molecule has 0 unspecified atom stereocenters. The second-order valence-electron chi connectivity index (χ2n) is 4.66. The lowest BCUT2D eigenvalue weighted by molar-refractivity contribution is -0.116. The molecule has 1 heterocycles. The highest BCUT2D eigenvalue weighted by atomic mass is 32.2. The highest BCUT2D eigenvalue weighted by Crippen LogP contribution is 2.26. The Morgan fingerprint density at radius 1 is 1.26 bits per heavy atom. The number of amides is 2. The van der Waals surface area contributed by atoms with Gasteiger partial charge >= 0.3 is 0 Å². The quantitative estimate of drug-likeness (QED) is 0.575. The minimum absolute atomic E-state index is 0.149. The van der Waals surface area contributed by atoms with Crippen LogP contribution < -0.4 is 10.6 Å². The van der Waals surface area contributed by atoms with Crippen molar-refractivity contribution in [1.29, 1.82) is 0 Å². The van der Waals surface area contributed by atoms with Crippen molar-refractivity contribution in [3.8, 4) is 0 Å². The van der Waals surface area contributed by atoms with Gasteiger partial charge in [0.25, 0.3) is 5.91 Å². The third-order valence-corrected chi connectivity index (χ3v) is 4.01. The molecule has 0 aliphatic heterocycles. The molecule has 0 bridgehead atoms. The number of furan rings is 1. The minimum Gasteiger partial charge on any atom is -0.472 e. The van der Waals surface area contributed by atoms with Crippen molar-refractivity contribution in [2.45, 2.75) is 11.3 Å². The first-order valence-corrected chi connectivity index (χ1v) is 8.12. The average Bonchev–Trinajstić information content (AvgIpc) is 3.08. The zero-order valence-electron chi connectivity index (χ0n) is 12.6. The molecule has 2 amide bonds. The third kappa shape index (κ3) is 5.34. The van der Waals surface area contributed by atoms with Crippen molar-refractivity contribution in [2.75, 3.05) is 17.6 Å². The van der Waals surface area contributed by atoms with Crippen LogP contribution in [0.5, 0.6) is 0 Å². The SMILES string of the molecule is C=CCSc1ccccc1NC(=O)CCNC(=O)c1ccoc1. The van der Waals surface area contributed by atoms with E-state index in [1.807, 2.05) is 30.3 Å². The van der Waals surface area contributed by atoms with Gasteiger partial charge in [0, 0.05) is 23.6 Å². The number of thioether (sulfide) groups is 1. The molecule has 0 atom stereocenters. The summed E-state index contributed by atoms with van der Waals surface area (Å²) in [5.74, 6) is 0.367. The van der Waals surface area contributed by atoms with Crippen molar-refractivity contribution in [2.24, 2.45) is 0 Å². The molecule has 2 rings (SSSR count). The fourth-order valence-electron chi connectivity index (χ4n) is 1.84. The number of rotatable bonds is 8. The van der Waals surface area contributed by atoms with E-state index < -0.39 is 0 Å². The molecule has 0 aliphatic carbocycles. The molecule has 0 saturated heterocycles. The first kappa shape index (κ1) is 16.9. The maximum atomic E-state index is 12.0. The largest absolute Gasteiger partial charge is 0.472 e. The van der Waals surface area contributed by atoms with E-state index in [9.17, 15) is 9.59 Å². The molecule has 0 radical (unpaired) electrons. The van der Waals surface area contributed by atoms with Crippen LogP contribution in [0.1, 0.15) is 16.8 Å².